The van der Waals surface area contributed by atoms with Crippen LogP contribution in [0.25, 0.3) is 0 Å². The number of benzene rings is 1. The molecule has 49 heavy (non-hydrogen) atoms. The Kier molecular flexibility index (Phi) is 10.6. The fraction of sp³-hybridized carbons (Fsp3) is 0.629. The summed E-state index contributed by atoms with van der Waals surface area (Å²) in [6.45, 7) is 1.98. The zero-order valence-corrected chi connectivity index (χ0v) is 28.8. The number of alkyl carbamates (subject to hydrolysis) is 1. The molecule has 6 rings (SSSR count). The van der Waals surface area contributed by atoms with E-state index >= 15 is 0 Å². The van der Waals surface area contributed by atoms with Crippen molar-refractivity contribution in [1.82, 2.24) is 20.3 Å². The molecule has 0 radical (unpaired) electrons. The third kappa shape index (κ3) is 8.27. The highest BCUT2D eigenvalue weighted by atomic mass is 32.2. The molecule has 266 valence electrons. The summed E-state index contributed by atoms with van der Waals surface area (Å²) in [5, 5.41) is 9.44. The maximum Gasteiger partial charge on any atom is 0.408 e. The SMILES string of the molecule is CC/C(=N\O[C@@H]1C[C@H]2C(=O)N[C@@]3(C(=O)NS(=O)(=O)C4CC4)C[C@H]3/C=C\CCCCC[C@H](NC(=O)OC3CCC3)C(=O)N2C1)c1ccccc1. The fourth-order valence-corrected chi connectivity index (χ4v) is 8.11. The van der Waals surface area contributed by atoms with E-state index in [0.717, 1.165) is 44.1 Å². The predicted octanol–water partition coefficient (Wildman–Crippen LogP) is 3.44. The van der Waals surface area contributed by atoms with Gasteiger partial charge in [-0.3, -0.25) is 19.1 Å². The average Bonchev–Trinajstić information content (AvgIpc) is 3.99. The van der Waals surface area contributed by atoms with E-state index < -0.39 is 68.7 Å². The molecule has 1 aromatic carbocycles. The smallest absolute Gasteiger partial charge is 0.408 e. The van der Waals surface area contributed by atoms with Crippen molar-refractivity contribution in [3.63, 3.8) is 0 Å². The summed E-state index contributed by atoms with van der Waals surface area (Å²) in [6.07, 6.45) is 10.2. The molecule has 14 heteroatoms. The minimum atomic E-state index is -3.86. The molecule has 3 N–H and O–H groups in total. The van der Waals surface area contributed by atoms with Gasteiger partial charge in [-0.25, -0.2) is 13.2 Å². The van der Waals surface area contributed by atoms with Crippen molar-refractivity contribution < 1.29 is 37.2 Å². The van der Waals surface area contributed by atoms with Gasteiger partial charge in [0.15, 0.2) is 0 Å². The number of carbonyl (C=O) groups excluding carboxylic acids is 4. The van der Waals surface area contributed by atoms with Crippen molar-refractivity contribution in [2.45, 2.75) is 125 Å². The molecule has 0 spiro atoms. The summed E-state index contributed by atoms with van der Waals surface area (Å²) >= 11 is 0. The Labute approximate surface area is 287 Å². The molecule has 5 atom stereocenters. The van der Waals surface area contributed by atoms with Crippen LogP contribution in [-0.4, -0.2) is 84.5 Å². The van der Waals surface area contributed by atoms with Gasteiger partial charge < -0.3 is 25.1 Å². The maximum atomic E-state index is 14.3. The zero-order chi connectivity index (χ0) is 34.6. The highest BCUT2D eigenvalue weighted by Gasteiger charge is 2.62. The van der Waals surface area contributed by atoms with Crippen LogP contribution in [0.4, 0.5) is 4.79 Å². The summed E-state index contributed by atoms with van der Waals surface area (Å²) < 4.78 is 33.2. The van der Waals surface area contributed by atoms with Gasteiger partial charge >= 0.3 is 6.09 Å². The lowest BCUT2D eigenvalue weighted by Gasteiger charge is -2.30. The standard InChI is InChI=1S/C35H47N5O8S/c1-2-28(23-12-7-6-8-13-23)38-48-26-20-30-31(41)37-35(33(43)39-49(45,46)27-18-19-27)21-24(35)14-9-4-3-5-10-17-29(32(42)40(30)22-26)36-34(44)47-25-15-11-16-25/h6-9,12-14,24-27,29-30H,2-5,10-11,15-22H2,1H3,(H,36,44)(H,37,41)(H,39,43)/b14-9-,38-28+/t24-,26-,29+,30+,35+/m1/s1. The number of allylic oxidation sites excluding steroid dienone is 1. The van der Waals surface area contributed by atoms with Gasteiger partial charge in [0, 0.05) is 12.3 Å². The first-order valence-electron chi connectivity index (χ1n) is 17.7. The van der Waals surface area contributed by atoms with Crippen LogP contribution in [0.15, 0.2) is 47.6 Å². The lowest BCUT2D eigenvalue weighted by atomic mass is 9.96. The van der Waals surface area contributed by atoms with Crippen molar-refractivity contribution in [3.05, 3.63) is 48.0 Å². The number of oxime groups is 1. The Bertz CT molecular complexity index is 1570. The third-order valence-electron chi connectivity index (χ3n) is 10.2. The van der Waals surface area contributed by atoms with E-state index in [1.54, 1.807) is 0 Å². The molecular formula is C35H47N5O8S. The van der Waals surface area contributed by atoms with Crippen LogP contribution in [0, 0.1) is 5.92 Å². The fourth-order valence-electron chi connectivity index (χ4n) is 6.74. The lowest BCUT2D eigenvalue weighted by molar-refractivity contribution is -0.141. The largest absolute Gasteiger partial charge is 0.446 e. The first kappa shape index (κ1) is 34.9. The van der Waals surface area contributed by atoms with Crippen LogP contribution >= 0.6 is 0 Å². The van der Waals surface area contributed by atoms with Gasteiger partial charge in [0.2, 0.25) is 21.8 Å². The van der Waals surface area contributed by atoms with Crippen molar-refractivity contribution >= 4 is 39.5 Å². The summed E-state index contributed by atoms with van der Waals surface area (Å²) in [6, 6.07) is 7.58. The van der Waals surface area contributed by atoms with Crippen LogP contribution in [0.2, 0.25) is 0 Å². The number of amides is 4. The van der Waals surface area contributed by atoms with E-state index in [1.165, 1.54) is 4.90 Å². The number of nitrogens with one attached hydrogen (secondary N) is 3. The molecule has 2 aliphatic heterocycles. The number of hydrogen-bond donors (Lipinski definition) is 3. The molecule has 1 saturated heterocycles. The molecule has 13 nitrogen and oxygen atoms in total. The second-order valence-electron chi connectivity index (χ2n) is 13.9. The Hall–Kier alpha value is -3.94. The summed E-state index contributed by atoms with van der Waals surface area (Å²) in [5.74, 6) is -2.21. The van der Waals surface area contributed by atoms with Crippen molar-refractivity contribution in [1.29, 1.82) is 0 Å². The quantitative estimate of drug-likeness (QED) is 0.200. The molecule has 0 aromatic heterocycles. The lowest BCUT2D eigenvalue weighted by Crippen LogP contribution is -2.58. The molecule has 4 fully saturated rings. The highest BCUT2D eigenvalue weighted by molar-refractivity contribution is 7.91. The molecule has 1 aromatic rings. The molecule has 3 saturated carbocycles. The molecular weight excluding hydrogens is 650 g/mol. The number of fused-ring (bicyclic) bond motifs is 2. The Morgan fingerprint density at radius 2 is 1.80 bits per heavy atom. The Balaban J connectivity index is 1.26. The minimum absolute atomic E-state index is 0.0284. The molecule has 4 amide bonds. The highest BCUT2D eigenvalue weighted by Crippen LogP contribution is 2.46. The maximum absolute atomic E-state index is 14.3. The zero-order valence-electron chi connectivity index (χ0n) is 28.0. The van der Waals surface area contributed by atoms with Gasteiger partial charge in [-0.1, -0.05) is 67.4 Å². The van der Waals surface area contributed by atoms with Gasteiger partial charge in [0.05, 0.1) is 17.5 Å². The molecule has 0 unspecified atom stereocenters. The van der Waals surface area contributed by atoms with Gasteiger partial charge in [-0.2, -0.15) is 0 Å². The van der Waals surface area contributed by atoms with E-state index in [9.17, 15) is 27.6 Å². The Morgan fingerprint density at radius 1 is 1.02 bits per heavy atom. The monoisotopic (exact) mass is 697 g/mol. The van der Waals surface area contributed by atoms with Crippen molar-refractivity contribution in [2.24, 2.45) is 11.1 Å². The number of nitrogens with zero attached hydrogens (tertiary/aromatic N) is 2. The van der Waals surface area contributed by atoms with Crippen molar-refractivity contribution in [3.8, 4) is 0 Å². The topological polar surface area (TPSA) is 173 Å². The first-order chi connectivity index (χ1) is 23.6. The normalized spacial score (nSPS) is 30.3. The Morgan fingerprint density at radius 3 is 2.49 bits per heavy atom. The number of sulfonamides is 1. The summed E-state index contributed by atoms with van der Waals surface area (Å²) in [7, 11) is -3.86. The van der Waals surface area contributed by atoms with Gasteiger partial charge in [0.1, 0.15) is 29.8 Å². The van der Waals surface area contributed by atoms with E-state index in [0.29, 0.717) is 37.8 Å². The second kappa shape index (κ2) is 14.9. The van der Waals surface area contributed by atoms with E-state index in [-0.39, 0.29) is 25.5 Å². The van der Waals surface area contributed by atoms with E-state index in [2.05, 4.69) is 20.5 Å². The third-order valence-corrected chi connectivity index (χ3v) is 12.0. The minimum Gasteiger partial charge on any atom is -0.446 e. The van der Waals surface area contributed by atoms with Crippen LogP contribution in [-0.2, 0) is 34.0 Å². The van der Waals surface area contributed by atoms with Crippen LogP contribution in [0.3, 0.4) is 0 Å². The van der Waals surface area contributed by atoms with Crippen LogP contribution in [0.1, 0.15) is 96.0 Å². The van der Waals surface area contributed by atoms with Crippen LogP contribution < -0.4 is 15.4 Å². The molecule has 5 aliphatic rings. The number of carbonyl (C=O) groups is 4. The number of ether oxygens (including phenoxy) is 1. The van der Waals surface area contributed by atoms with E-state index in [4.69, 9.17) is 9.57 Å². The average molecular weight is 698 g/mol. The van der Waals surface area contributed by atoms with Gasteiger partial charge in [0.25, 0.3) is 5.91 Å². The number of rotatable bonds is 9. The predicted molar refractivity (Wildman–Crippen MR) is 181 cm³/mol. The van der Waals surface area contributed by atoms with E-state index in [1.807, 2.05) is 49.4 Å². The summed E-state index contributed by atoms with van der Waals surface area (Å²) in [4.78, 5) is 62.2. The molecule has 0 bridgehead atoms. The van der Waals surface area contributed by atoms with Gasteiger partial charge in [-0.05, 0) is 69.8 Å². The van der Waals surface area contributed by atoms with Gasteiger partial charge in [-0.15, -0.1) is 0 Å². The van der Waals surface area contributed by atoms with Crippen molar-refractivity contribution in [2.75, 3.05) is 6.54 Å². The first-order valence-corrected chi connectivity index (χ1v) is 19.2. The summed E-state index contributed by atoms with van der Waals surface area (Å²) in [5.41, 5.74) is 0.135. The number of hydrogen-bond acceptors (Lipinski definition) is 9. The van der Waals surface area contributed by atoms with Crippen LogP contribution in [0.5, 0.6) is 0 Å². The second-order valence-corrected chi connectivity index (χ2v) is 15.9. The molecule has 3 aliphatic carbocycles. The molecule has 2 heterocycles.